The molecule has 14 heteroatoms. The van der Waals surface area contributed by atoms with E-state index in [9.17, 15) is 22.8 Å². The van der Waals surface area contributed by atoms with Crippen molar-refractivity contribution in [1.29, 1.82) is 0 Å². The van der Waals surface area contributed by atoms with Gasteiger partial charge in [0.2, 0.25) is 5.91 Å². The second-order valence-corrected chi connectivity index (χ2v) is 11.1. The average Bonchev–Trinajstić information content (AvgIpc) is 2.99. The van der Waals surface area contributed by atoms with Crippen LogP contribution in [0.2, 0.25) is 0 Å². The van der Waals surface area contributed by atoms with Gasteiger partial charge in [-0.05, 0) is 49.8 Å². The fourth-order valence-electron chi connectivity index (χ4n) is 5.72. The van der Waals surface area contributed by atoms with E-state index in [-0.39, 0.29) is 54.4 Å². The number of carbonyl (C=O) groups is 1. The quantitative estimate of drug-likeness (QED) is 0.145. The van der Waals surface area contributed by atoms with Crippen LogP contribution >= 0.6 is 0 Å². The number of pyridine rings is 1. The van der Waals surface area contributed by atoms with E-state index in [4.69, 9.17) is 5.73 Å². The zero-order valence-corrected chi connectivity index (χ0v) is 24.4. The van der Waals surface area contributed by atoms with Gasteiger partial charge in [0.1, 0.15) is 11.5 Å². The van der Waals surface area contributed by atoms with Gasteiger partial charge in [0.05, 0.1) is 28.4 Å². The first-order chi connectivity index (χ1) is 20.8. The van der Waals surface area contributed by atoms with Crippen molar-refractivity contribution in [2.75, 3.05) is 30.3 Å². The van der Waals surface area contributed by atoms with Gasteiger partial charge in [-0.1, -0.05) is 20.4 Å². The van der Waals surface area contributed by atoms with Crippen LogP contribution in [0, 0.1) is 35.0 Å². The topological polar surface area (TPSA) is 109 Å². The molecule has 0 saturated carbocycles. The number of piperazine rings is 1. The monoisotopic (exact) mass is 615 g/mol. The van der Waals surface area contributed by atoms with E-state index in [1.165, 1.54) is 6.08 Å². The Hall–Kier alpha value is -4.75. The second kappa shape index (κ2) is 11.4. The molecule has 3 aromatic rings. The fraction of sp³-hybridized carbons (Fsp3) is 0.333. The van der Waals surface area contributed by atoms with Gasteiger partial charge in [0, 0.05) is 25.7 Å². The van der Waals surface area contributed by atoms with Crippen LogP contribution < -0.4 is 21.6 Å². The lowest BCUT2D eigenvalue weighted by Crippen LogP contribution is -2.54. The molecule has 5 rings (SSSR count). The molecule has 0 bridgehead atoms. The number of halogens is 5. The van der Waals surface area contributed by atoms with E-state index in [2.05, 4.69) is 21.9 Å². The second-order valence-electron chi connectivity index (χ2n) is 11.1. The van der Waals surface area contributed by atoms with Crippen LogP contribution in [0.25, 0.3) is 28.0 Å². The summed E-state index contributed by atoms with van der Waals surface area (Å²) in [5, 5.41) is 3.22. The van der Waals surface area contributed by atoms with Crippen LogP contribution in [-0.2, 0) is 4.79 Å². The van der Waals surface area contributed by atoms with Gasteiger partial charge in [0.15, 0.2) is 34.7 Å². The predicted octanol–water partition coefficient (Wildman–Crippen LogP) is 4.33. The number of hydrogen-bond donors (Lipinski definition) is 2. The SMILES string of the molecule is C=CC(=O)N1CCN(c2nc(=O)n(C3=C(C)C=CNC3C(C)C)c3nc(-c4c(N)c(F)c(F)c(F)c4F)c(F)cc23)C[C@H]1C. The molecule has 0 spiro atoms. The first-order valence-electron chi connectivity index (χ1n) is 13.8. The summed E-state index contributed by atoms with van der Waals surface area (Å²) in [6.07, 6.45) is 4.62. The maximum absolute atomic E-state index is 15.9. The van der Waals surface area contributed by atoms with E-state index >= 15 is 8.78 Å². The van der Waals surface area contributed by atoms with Crippen LogP contribution in [0.5, 0.6) is 0 Å². The van der Waals surface area contributed by atoms with Crippen molar-refractivity contribution < 1.29 is 26.7 Å². The molecule has 1 amide bonds. The number of carbonyl (C=O) groups excluding carboxylic acids is 1. The van der Waals surface area contributed by atoms with E-state index in [1.54, 1.807) is 35.9 Å². The Balaban J connectivity index is 1.83. The Bertz CT molecular complexity index is 1810. The van der Waals surface area contributed by atoms with Gasteiger partial charge in [-0.2, -0.15) is 4.98 Å². The third-order valence-electron chi connectivity index (χ3n) is 7.94. The Labute approximate surface area is 249 Å². The molecule has 3 N–H and O–H groups in total. The third-order valence-corrected chi connectivity index (χ3v) is 7.94. The largest absolute Gasteiger partial charge is 0.396 e. The van der Waals surface area contributed by atoms with Crippen LogP contribution in [0.4, 0.5) is 33.5 Å². The zero-order chi connectivity index (χ0) is 32.2. The predicted molar refractivity (Wildman–Crippen MR) is 157 cm³/mol. The lowest BCUT2D eigenvalue weighted by Gasteiger charge is -2.40. The summed E-state index contributed by atoms with van der Waals surface area (Å²) in [6, 6.07) is 0.138. The standard InChI is InChI=1S/C30H30F5N7O2/c1-6-18(43)41-10-9-40(12-15(41)5)28-16-11-17(31)26(19-20(32)21(33)22(34)23(35)24(19)36)38-29(16)42(30(44)39-28)27-14(4)7-8-37-25(27)13(2)3/h6-8,11,13,15,25,37H,1,9-10,12,36H2,2-5H3/t15-,25?/m1/s1. The van der Waals surface area contributed by atoms with Crippen LogP contribution in [0.3, 0.4) is 0 Å². The third kappa shape index (κ3) is 4.87. The smallest absolute Gasteiger partial charge is 0.355 e. The number of dihydropyridines is 1. The minimum absolute atomic E-state index is 0.0286. The number of nitrogens with two attached hydrogens (primary N) is 1. The molecule has 44 heavy (non-hydrogen) atoms. The van der Waals surface area contributed by atoms with Crippen LogP contribution in [0.15, 0.2) is 41.4 Å². The molecular weight excluding hydrogens is 585 g/mol. The number of rotatable bonds is 5. The minimum Gasteiger partial charge on any atom is -0.396 e. The van der Waals surface area contributed by atoms with Crippen LogP contribution in [-0.4, -0.2) is 57.1 Å². The van der Waals surface area contributed by atoms with Gasteiger partial charge >= 0.3 is 5.69 Å². The van der Waals surface area contributed by atoms with Crippen molar-refractivity contribution in [3.8, 4) is 11.3 Å². The maximum Gasteiger partial charge on any atom is 0.355 e. The Morgan fingerprint density at radius 3 is 2.43 bits per heavy atom. The molecule has 1 fully saturated rings. The van der Waals surface area contributed by atoms with E-state index < -0.39 is 57.8 Å². The molecule has 1 saturated heterocycles. The molecule has 0 radical (unpaired) electrons. The number of fused-ring (bicyclic) bond motifs is 1. The Morgan fingerprint density at radius 2 is 1.80 bits per heavy atom. The molecule has 2 aliphatic rings. The first kappa shape index (κ1) is 30.7. The number of nitrogen functional groups attached to an aromatic ring is 1. The number of anilines is 2. The average molecular weight is 616 g/mol. The number of benzene rings is 1. The van der Waals surface area contributed by atoms with Crippen molar-refractivity contribution in [3.05, 3.63) is 76.1 Å². The van der Waals surface area contributed by atoms with E-state index in [0.717, 1.165) is 10.6 Å². The van der Waals surface area contributed by atoms with Crippen molar-refractivity contribution in [2.45, 2.75) is 39.8 Å². The summed E-state index contributed by atoms with van der Waals surface area (Å²) in [4.78, 5) is 38.0. The lowest BCUT2D eigenvalue weighted by molar-refractivity contribution is -0.128. The highest BCUT2D eigenvalue weighted by Crippen LogP contribution is 2.38. The van der Waals surface area contributed by atoms with Gasteiger partial charge in [-0.3, -0.25) is 4.79 Å². The summed E-state index contributed by atoms with van der Waals surface area (Å²) in [5.74, 6) is -9.75. The molecule has 2 aliphatic heterocycles. The number of hydrogen-bond acceptors (Lipinski definition) is 7. The lowest BCUT2D eigenvalue weighted by atomic mass is 9.95. The Kier molecular flexibility index (Phi) is 7.95. The zero-order valence-electron chi connectivity index (χ0n) is 24.4. The van der Waals surface area contributed by atoms with E-state index in [0.29, 0.717) is 11.3 Å². The fourth-order valence-corrected chi connectivity index (χ4v) is 5.72. The van der Waals surface area contributed by atoms with Crippen LogP contribution in [0.1, 0.15) is 27.7 Å². The molecule has 0 aliphatic carbocycles. The van der Waals surface area contributed by atoms with E-state index in [1.807, 2.05) is 13.8 Å². The number of allylic oxidation sites excluding steroid dienone is 2. The highest BCUT2D eigenvalue weighted by Gasteiger charge is 2.33. The summed E-state index contributed by atoms with van der Waals surface area (Å²) in [6.45, 7) is 11.5. The van der Waals surface area contributed by atoms with Crippen molar-refractivity contribution in [1.82, 2.24) is 24.8 Å². The number of amides is 1. The molecule has 2 atom stereocenters. The first-order valence-corrected chi connectivity index (χ1v) is 13.8. The minimum atomic E-state index is -2.19. The molecular formula is C30H30F5N7O2. The maximum atomic E-state index is 15.9. The van der Waals surface area contributed by atoms with Gasteiger partial charge in [0.25, 0.3) is 0 Å². The summed E-state index contributed by atoms with van der Waals surface area (Å²) in [5.41, 5.74) is 2.42. The molecule has 2 aromatic heterocycles. The molecule has 232 valence electrons. The summed E-state index contributed by atoms with van der Waals surface area (Å²) in [7, 11) is 0. The highest BCUT2D eigenvalue weighted by molar-refractivity contribution is 5.93. The molecule has 1 unspecified atom stereocenters. The van der Waals surface area contributed by atoms with Gasteiger partial charge in [-0.25, -0.2) is 36.3 Å². The van der Waals surface area contributed by atoms with Gasteiger partial charge < -0.3 is 20.9 Å². The molecule has 9 nitrogen and oxygen atoms in total. The van der Waals surface area contributed by atoms with Crippen molar-refractivity contribution in [2.24, 2.45) is 5.92 Å². The number of aromatic nitrogens is 3. The number of nitrogens with one attached hydrogen (secondary N) is 1. The van der Waals surface area contributed by atoms with Gasteiger partial charge in [-0.15, -0.1) is 0 Å². The van der Waals surface area contributed by atoms with Crippen molar-refractivity contribution in [3.63, 3.8) is 0 Å². The molecule has 4 heterocycles. The normalized spacial score (nSPS) is 18.8. The Morgan fingerprint density at radius 1 is 1.11 bits per heavy atom. The van der Waals surface area contributed by atoms with Crippen molar-refractivity contribution >= 4 is 34.1 Å². The summed E-state index contributed by atoms with van der Waals surface area (Å²) >= 11 is 0. The summed E-state index contributed by atoms with van der Waals surface area (Å²) < 4.78 is 74.8. The number of nitrogens with zero attached hydrogens (tertiary/aromatic N) is 5. The highest BCUT2D eigenvalue weighted by atomic mass is 19.2. The molecule has 1 aromatic carbocycles.